The van der Waals surface area contributed by atoms with Crippen molar-refractivity contribution in [3.63, 3.8) is 0 Å². The first kappa shape index (κ1) is 19.0. The molecule has 7 atom stereocenters. The molecule has 9 heteroatoms. The van der Waals surface area contributed by atoms with E-state index in [1.807, 2.05) is 0 Å². The van der Waals surface area contributed by atoms with Crippen LogP contribution < -0.4 is 0 Å². The molecule has 0 spiro atoms. The summed E-state index contributed by atoms with van der Waals surface area (Å²) in [6, 6.07) is 5.56. The molecule has 136 valence electrons. The maximum absolute atomic E-state index is 10.3. The Kier molecular flexibility index (Phi) is 6.49. The zero-order chi connectivity index (χ0) is 17.9. The first-order valence-corrected chi connectivity index (χ1v) is 7.42. The summed E-state index contributed by atoms with van der Waals surface area (Å²) in [7, 11) is 0. The number of rotatable bonds is 6. The number of phenolic OH excluding ortho intramolecular Hbond substituents is 1. The van der Waals surface area contributed by atoms with Gasteiger partial charge in [-0.15, -0.1) is 0 Å². The fourth-order valence-electron chi connectivity index (χ4n) is 2.46. The molecule has 2 rings (SSSR count). The standard InChI is InChI=1S/C15H22O9/c16-5-9(11(19)7-1-3-8(18)4-2-7)23-15-14(22)13(21)12(20)10(6-17)24-15/h1-4,9-22H,5-6H2/t9?,10-,11?,12-,13+,14-,15-/m1/s1. The van der Waals surface area contributed by atoms with Crippen LogP contribution in [0.5, 0.6) is 5.75 Å². The van der Waals surface area contributed by atoms with Crippen LogP contribution in [0.1, 0.15) is 11.7 Å². The number of aliphatic hydroxyl groups is 6. The van der Waals surface area contributed by atoms with Gasteiger partial charge >= 0.3 is 0 Å². The smallest absolute Gasteiger partial charge is 0.187 e. The molecule has 0 radical (unpaired) electrons. The van der Waals surface area contributed by atoms with Crippen molar-refractivity contribution in [2.75, 3.05) is 13.2 Å². The molecule has 1 aliphatic heterocycles. The molecule has 1 aromatic rings. The van der Waals surface area contributed by atoms with Gasteiger partial charge in [0, 0.05) is 0 Å². The SMILES string of the molecule is OCC(O[C@@H]1O[C@H](CO)[C@@H](O)[C@H](O)[C@H]1O)C(O)c1ccc(O)cc1. The summed E-state index contributed by atoms with van der Waals surface area (Å²) >= 11 is 0. The first-order valence-electron chi connectivity index (χ1n) is 7.42. The number of aromatic hydroxyl groups is 1. The van der Waals surface area contributed by atoms with Crippen LogP contribution in [-0.2, 0) is 9.47 Å². The van der Waals surface area contributed by atoms with Crippen LogP contribution in [0.4, 0.5) is 0 Å². The second-order valence-corrected chi connectivity index (χ2v) is 5.59. The Morgan fingerprint density at radius 1 is 1.00 bits per heavy atom. The van der Waals surface area contributed by atoms with Crippen LogP contribution in [0.2, 0.25) is 0 Å². The molecule has 0 aromatic heterocycles. The van der Waals surface area contributed by atoms with Gasteiger partial charge in [-0.1, -0.05) is 12.1 Å². The lowest BCUT2D eigenvalue weighted by Gasteiger charge is -2.41. The molecular formula is C15H22O9. The number of benzene rings is 1. The third-order valence-electron chi connectivity index (χ3n) is 3.92. The molecule has 1 fully saturated rings. The molecule has 1 heterocycles. The maximum Gasteiger partial charge on any atom is 0.187 e. The van der Waals surface area contributed by atoms with Gasteiger partial charge in [-0.25, -0.2) is 0 Å². The van der Waals surface area contributed by atoms with Gasteiger partial charge in [-0.05, 0) is 17.7 Å². The number of ether oxygens (including phenoxy) is 2. The minimum absolute atomic E-state index is 0.00125. The van der Waals surface area contributed by atoms with Crippen LogP contribution in [0.25, 0.3) is 0 Å². The third-order valence-corrected chi connectivity index (χ3v) is 3.92. The normalized spacial score (nSPS) is 33.2. The van der Waals surface area contributed by atoms with Gasteiger partial charge in [0.05, 0.1) is 13.2 Å². The monoisotopic (exact) mass is 346 g/mol. The zero-order valence-corrected chi connectivity index (χ0v) is 12.7. The van der Waals surface area contributed by atoms with E-state index in [2.05, 4.69) is 0 Å². The van der Waals surface area contributed by atoms with E-state index in [0.29, 0.717) is 5.56 Å². The van der Waals surface area contributed by atoms with Crippen LogP contribution in [-0.4, -0.2) is 85.8 Å². The molecular weight excluding hydrogens is 324 g/mol. The maximum atomic E-state index is 10.3. The van der Waals surface area contributed by atoms with Crippen LogP contribution >= 0.6 is 0 Å². The molecule has 0 aliphatic carbocycles. The van der Waals surface area contributed by atoms with Crippen molar-refractivity contribution in [1.82, 2.24) is 0 Å². The minimum Gasteiger partial charge on any atom is -0.508 e. The summed E-state index contributed by atoms with van der Waals surface area (Å²) in [5.74, 6) is 0.00125. The number of hydrogen-bond donors (Lipinski definition) is 7. The number of hydrogen-bond acceptors (Lipinski definition) is 9. The topological polar surface area (TPSA) is 160 Å². The van der Waals surface area contributed by atoms with Crippen molar-refractivity contribution in [2.45, 2.75) is 42.9 Å². The van der Waals surface area contributed by atoms with Crippen molar-refractivity contribution in [3.05, 3.63) is 29.8 Å². The van der Waals surface area contributed by atoms with Gasteiger partial charge in [-0.3, -0.25) is 0 Å². The lowest BCUT2D eigenvalue weighted by molar-refractivity contribution is -0.319. The lowest BCUT2D eigenvalue weighted by Crippen LogP contribution is -2.60. The Bertz CT molecular complexity index is 506. The average molecular weight is 346 g/mol. The summed E-state index contributed by atoms with van der Waals surface area (Å²) in [5, 5.41) is 67.4. The molecule has 1 aromatic carbocycles. The van der Waals surface area contributed by atoms with E-state index in [1.54, 1.807) is 0 Å². The molecule has 1 saturated heterocycles. The largest absolute Gasteiger partial charge is 0.508 e. The van der Waals surface area contributed by atoms with Gasteiger partial charge in [0.15, 0.2) is 6.29 Å². The second kappa shape index (κ2) is 8.19. The summed E-state index contributed by atoms with van der Waals surface area (Å²) in [4.78, 5) is 0. The van der Waals surface area contributed by atoms with E-state index in [-0.39, 0.29) is 5.75 Å². The van der Waals surface area contributed by atoms with Gasteiger partial charge in [0.25, 0.3) is 0 Å². The Morgan fingerprint density at radius 2 is 1.62 bits per heavy atom. The highest BCUT2D eigenvalue weighted by atomic mass is 16.7. The summed E-state index contributed by atoms with van der Waals surface area (Å²) < 4.78 is 10.5. The summed E-state index contributed by atoms with van der Waals surface area (Å²) in [6.07, 6.45) is -9.92. The van der Waals surface area contributed by atoms with E-state index < -0.39 is 56.1 Å². The van der Waals surface area contributed by atoms with Gasteiger partial charge in [-0.2, -0.15) is 0 Å². The number of aliphatic hydroxyl groups excluding tert-OH is 6. The van der Waals surface area contributed by atoms with Crippen molar-refractivity contribution in [2.24, 2.45) is 0 Å². The van der Waals surface area contributed by atoms with Crippen LogP contribution in [0, 0.1) is 0 Å². The van der Waals surface area contributed by atoms with Gasteiger partial charge in [0.2, 0.25) is 0 Å². The Labute approximate surface area is 137 Å². The third kappa shape index (κ3) is 4.02. The van der Waals surface area contributed by atoms with Crippen LogP contribution in [0.3, 0.4) is 0 Å². The second-order valence-electron chi connectivity index (χ2n) is 5.59. The predicted molar refractivity (Wildman–Crippen MR) is 78.8 cm³/mol. The fourth-order valence-corrected chi connectivity index (χ4v) is 2.46. The van der Waals surface area contributed by atoms with E-state index >= 15 is 0 Å². The Morgan fingerprint density at radius 3 is 2.17 bits per heavy atom. The zero-order valence-electron chi connectivity index (χ0n) is 12.7. The molecule has 24 heavy (non-hydrogen) atoms. The molecule has 9 nitrogen and oxygen atoms in total. The highest BCUT2D eigenvalue weighted by Gasteiger charge is 2.45. The molecule has 7 N–H and O–H groups in total. The summed E-state index contributed by atoms with van der Waals surface area (Å²) in [5.41, 5.74) is 0.344. The lowest BCUT2D eigenvalue weighted by atomic mass is 9.99. The van der Waals surface area contributed by atoms with E-state index in [0.717, 1.165) is 0 Å². The molecule has 0 bridgehead atoms. The van der Waals surface area contributed by atoms with Gasteiger partial charge < -0.3 is 45.2 Å². The number of phenols is 1. The van der Waals surface area contributed by atoms with Crippen molar-refractivity contribution < 1.29 is 45.2 Å². The fraction of sp³-hybridized carbons (Fsp3) is 0.600. The van der Waals surface area contributed by atoms with E-state index in [9.17, 15) is 30.6 Å². The Balaban J connectivity index is 2.09. The molecule has 0 saturated carbocycles. The Hall–Kier alpha value is -1.30. The van der Waals surface area contributed by atoms with Crippen molar-refractivity contribution in [1.29, 1.82) is 0 Å². The molecule has 0 amide bonds. The molecule has 1 aliphatic rings. The van der Waals surface area contributed by atoms with E-state index in [4.69, 9.17) is 14.6 Å². The van der Waals surface area contributed by atoms with Crippen molar-refractivity contribution in [3.8, 4) is 5.75 Å². The van der Waals surface area contributed by atoms with E-state index in [1.165, 1.54) is 24.3 Å². The highest BCUT2D eigenvalue weighted by molar-refractivity contribution is 5.27. The quantitative estimate of drug-likeness (QED) is 0.298. The van der Waals surface area contributed by atoms with Gasteiger partial charge in [0.1, 0.15) is 42.4 Å². The average Bonchev–Trinajstić information content (AvgIpc) is 2.59. The summed E-state index contributed by atoms with van der Waals surface area (Å²) in [6.45, 7) is -1.24. The van der Waals surface area contributed by atoms with Crippen LogP contribution in [0.15, 0.2) is 24.3 Å². The highest BCUT2D eigenvalue weighted by Crippen LogP contribution is 2.27. The molecule has 2 unspecified atom stereocenters. The predicted octanol–water partition coefficient (Wildman–Crippen LogP) is -2.40. The first-order chi connectivity index (χ1) is 11.4. The van der Waals surface area contributed by atoms with Crippen molar-refractivity contribution >= 4 is 0 Å². The minimum atomic E-state index is -1.64.